The van der Waals surface area contributed by atoms with Gasteiger partial charge in [-0.25, -0.2) is 9.78 Å². The van der Waals surface area contributed by atoms with E-state index in [2.05, 4.69) is 30.0 Å². The van der Waals surface area contributed by atoms with Crippen LogP contribution in [0.15, 0.2) is 53.4 Å². The summed E-state index contributed by atoms with van der Waals surface area (Å²) in [6.45, 7) is 6.23. The maximum atomic E-state index is 13.1. The second-order valence-electron chi connectivity index (χ2n) is 8.84. The number of nitrogens with zero attached hydrogens (tertiary/aromatic N) is 6. The lowest BCUT2D eigenvalue weighted by molar-refractivity contribution is -0.134. The highest BCUT2D eigenvalue weighted by Gasteiger charge is 2.43. The number of ether oxygens (including phenoxy) is 1. The lowest BCUT2D eigenvalue weighted by Gasteiger charge is -2.46. The summed E-state index contributed by atoms with van der Waals surface area (Å²) < 4.78 is 9.62. The van der Waals surface area contributed by atoms with Gasteiger partial charge >= 0.3 is 5.97 Å². The van der Waals surface area contributed by atoms with Crippen molar-refractivity contribution in [1.29, 1.82) is 0 Å². The summed E-state index contributed by atoms with van der Waals surface area (Å²) in [6.07, 6.45) is 7.00. The number of likely N-dealkylation sites (tertiary alicyclic amines) is 1. The Morgan fingerprint density at radius 2 is 2.13 bits per heavy atom. The zero-order chi connectivity index (χ0) is 26.8. The highest BCUT2D eigenvalue weighted by Crippen LogP contribution is 2.35. The van der Waals surface area contributed by atoms with Crippen molar-refractivity contribution in [3.8, 4) is 11.5 Å². The van der Waals surface area contributed by atoms with Crippen LogP contribution in [-0.4, -0.2) is 86.0 Å². The van der Waals surface area contributed by atoms with Gasteiger partial charge in [0.25, 0.3) is 0 Å². The molecule has 0 saturated carbocycles. The maximum Gasteiger partial charge on any atom is 0.341 e. The molecule has 0 aliphatic carbocycles. The molecule has 13 nitrogen and oxygen atoms in total. The molecule has 2 aromatic rings. The molecule has 5 rings (SSSR count). The molecule has 5 heterocycles. The van der Waals surface area contributed by atoms with E-state index in [-0.39, 0.29) is 17.4 Å². The molecule has 3 N–H and O–H groups in total. The number of amides is 1. The predicted octanol–water partition coefficient (Wildman–Crippen LogP) is 0.524. The summed E-state index contributed by atoms with van der Waals surface area (Å²) in [5.41, 5.74) is 1.06. The predicted molar refractivity (Wildman–Crippen MR) is 136 cm³/mol. The molecule has 0 radical (unpaired) electrons. The Bertz CT molecular complexity index is 1350. The number of carbonyl (C=O) groups excluding carboxylic acids is 2. The Hall–Kier alpha value is -4.17. The minimum Gasteiger partial charge on any atom is -0.477 e. The highest BCUT2D eigenvalue weighted by molar-refractivity contribution is 7.10. The fourth-order valence-electron chi connectivity index (χ4n) is 4.40. The van der Waals surface area contributed by atoms with Crippen LogP contribution in [0, 0.1) is 5.92 Å². The third kappa shape index (κ3) is 4.87. The number of aliphatic carboxylic acids is 1. The number of carboxylic acid groups (broad SMARTS) is 1. The fraction of sp³-hybridized carbons (Fsp3) is 0.375. The second kappa shape index (κ2) is 10.7. The number of hydrogen-bond donors (Lipinski definition) is 3. The normalized spacial score (nSPS) is 19.3. The van der Waals surface area contributed by atoms with Crippen molar-refractivity contribution in [3.63, 3.8) is 0 Å². The van der Waals surface area contributed by atoms with Gasteiger partial charge in [0.2, 0.25) is 16.8 Å². The van der Waals surface area contributed by atoms with Gasteiger partial charge in [0, 0.05) is 61.9 Å². The van der Waals surface area contributed by atoms with E-state index >= 15 is 0 Å². The second-order valence-corrected chi connectivity index (χ2v) is 9.57. The number of carboxylic acids is 1. The van der Waals surface area contributed by atoms with Crippen LogP contribution in [-0.2, 0) is 19.1 Å². The molecule has 198 valence electrons. The van der Waals surface area contributed by atoms with E-state index in [1.165, 1.54) is 18.6 Å². The standard InChI is InChI=1S/C24H26N8O5S/c1-3-37-7-6-27-22(34)14-10-31(11-14)17-8-13(2)18-19(33)15(23(35)36)12-32(21(18)28-17)24-29-20(30-38-24)16-9-25-4-5-26-16/h4-5,8-9,12,14,21,28H,3,6-7,10-11H2,1-2H3,(H,27,34)(H,35,36). The average molecular weight is 539 g/mol. The van der Waals surface area contributed by atoms with Crippen LogP contribution in [0.25, 0.3) is 11.5 Å². The first-order valence-corrected chi connectivity index (χ1v) is 12.8. The molecule has 38 heavy (non-hydrogen) atoms. The number of anilines is 1. The van der Waals surface area contributed by atoms with Gasteiger partial charge in [-0.1, -0.05) is 0 Å². The van der Waals surface area contributed by atoms with E-state index in [4.69, 9.17) is 4.74 Å². The first-order chi connectivity index (χ1) is 18.4. The number of ketones is 1. The van der Waals surface area contributed by atoms with E-state index in [1.54, 1.807) is 24.1 Å². The van der Waals surface area contributed by atoms with Crippen molar-refractivity contribution in [2.24, 2.45) is 5.92 Å². The largest absolute Gasteiger partial charge is 0.477 e. The van der Waals surface area contributed by atoms with Gasteiger partial charge in [-0.05, 0) is 25.5 Å². The van der Waals surface area contributed by atoms with Crippen LogP contribution in [0.5, 0.6) is 0 Å². The lowest BCUT2D eigenvalue weighted by atomic mass is 9.90. The molecule has 1 amide bonds. The first-order valence-electron chi connectivity index (χ1n) is 12.0. The van der Waals surface area contributed by atoms with Crippen LogP contribution < -0.4 is 15.5 Å². The quantitative estimate of drug-likeness (QED) is 0.300. The Labute approximate surface area is 222 Å². The summed E-state index contributed by atoms with van der Waals surface area (Å²) in [6, 6.07) is 0. The van der Waals surface area contributed by atoms with Crippen molar-refractivity contribution >= 4 is 34.3 Å². The van der Waals surface area contributed by atoms with E-state index in [0.717, 1.165) is 17.4 Å². The van der Waals surface area contributed by atoms with Crippen LogP contribution in [0.2, 0.25) is 0 Å². The molecule has 1 unspecified atom stereocenters. The van der Waals surface area contributed by atoms with Gasteiger partial charge in [-0.2, -0.15) is 9.36 Å². The van der Waals surface area contributed by atoms with Gasteiger partial charge in [0.1, 0.15) is 23.3 Å². The van der Waals surface area contributed by atoms with Crippen molar-refractivity contribution in [3.05, 3.63) is 53.4 Å². The summed E-state index contributed by atoms with van der Waals surface area (Å²) in [4.78, 5) is 53.9. The zero-order valence-electron chi connectivity index (χ0n) is 20.7. The molecule has 3 aliphatic rings. The number of nitrogens with one attached hydrogen (secondary N) is 2. The molecule has 1 atom stereocenters. The summed E-state index contributed by atoms with van der Waals surface area (Å²) in [5, 5.41) is 16.3. The fourth-order valence-corrected chi connectivity index (χ4v) is 5.08. The van der Waals surface area contributed by atoms with Crippen LogP contribution in [0.3, 0.4) is 0 Å². The molecule has 0 bridgehead atoms. The molecule has 2 aromatic heterocycles. The van der Waals surface area contributed by atoms with Gasteiger partial charge in [0.05, 0.1) is 18.7 Å². The zero-order valence-corrected chi connectivity index (χ0v) is 21.6. The molecule has 3 aliphatic heterocycles. The Balaban J connectivity index is 1.37. The van der Waals surface area contributed by atoms with Crippen molar-refractivity contribution < 1.29 is 24.2 Å². The summed E-state index contributed by atoms with van der Waals surface area (Å²) >= 11 is 1.06. The Kier molecular flexibility index (Phi) is 7.15. The Morgan fingerprint density at radius 1 is 1.32 bits per heavy atom. The SMILES string of the molecule is CCOCCNC(=O)C1CN(C2=CC(C)=C3C(=O)C(C(=O)O)=CN(c4nc(-c5cnccn5)ns4)C3N2)C1. The third-order valence-corrected chi connectivity index (χ3v) is 7.10. The molecule has 1 fully saturated rings. The van der Waals surface area contributed by atoms with Crippen molar-refractivity contribution in [2.45, 2.75) is 20.0 Å². The van der Waals surface area contributed by atoms with E-state index in [0.29, 0.717) is 60.6 Å². The van der Waals surface area contributed by atoms with E-state index in [1.807, 2.05) is 11.8 Å². The van der Waals surface area contributed by atoms with Gasteiger partial charge in [-0.15, -0.1) is 0 Å². The number of aromatic nitrogens is 4. The number of allylic oxidation sites excluding steroid dienone is 2. The van der Waals surface area contributed by atoms with E-state index < -0.39 is 17.9 Å². The van der Waals surface area contributed by atoms with Crippen LogP contribution in [0.1, 0.15) is 13.8 Å². The van der Waals surface area contributed by atoms with Gasteiger partial charge in [-0.3, -0.25) is 19.5 Å². The minimum absolute atomic E-state index is 0.0285. The van der Waals surface area contributed by atoms with Crippen LogP contribution in [0.4, 0.5) is 5.13 Å². The smallest absolute Gasteiger partial charge is 0.341 e. The van der Waals surface area contributed by atoms with Gasteiger partial charge in [0.15, 0.2) is 5.82 Å². The van der Waals surface area contributed by atoms with Crippen LogP contribution >= 0.6 is 11.5 Å². The highest BCUT2D eigenvalue weighted by atomic mass is 32.1. The van der Waals surface area contributed by atoms with Gasteiger partial charge < -0.3 is 25.4 Å². The number of dihydropyridines is 1. The number of hydrogen-bond acceptors (Lipinski definition) is 12. The summed E-state index contributed by atoms with van der Waals surface area (Å²) in [5.74, 6) is -1.00. The maximum absolute atomic E-state index is 13.1. The molecule has 14 heteroatoms. The van der Waals surface area contributed by atoms with E-state index in [9.17, 15) is 19.5 Å². The number of Topliss-reactive ketones (excluding diaryl/α,β-unsaturated/α-hetero) is 1. The molecule has 0 aromatic carbocycles. The molecule has 0 spiro atoms. The third-order valence-electron chi connectivity index (χ3n) is 6.37. The summed E-state index contributed by atoms with van der Waals surface area (Å²) in [7, 11) is 0. The monoisotopic (exact) mass is 538 g/mol. The van der Waals surface area contributed by atoms with Crippen molar-refractivity contribution in [2.75, 3.05) is 37.7 Å². The topological polar surface area (TPSA) is 163 Å². The lowest BCUT2D eigenvalue weighted by Crippen LogP contribution is -2.59. The number of carbonyl (C=O) groups is 3. The van der Waals surface area contributed by atoms with Crippen molar-refractivity contribution in [1.82, 2.24) is 34.9 Å². The molecular weight excluding hydrogens is 512 g/mol. The molecule has 1 saturated heterocycles. The molecular formula is C24H26N8O5S. The first kappa shape index (κ1) is 25.5. The average Bonchev–Trinajstić information content (AvgIpc) is 3.36. The number of rotatable bonds is 9. The number of fused-ring (bicyclic) bond motifs is 1. The Morgan fingerprint density at radius 3 is 2.84 bits per heavy atom. The minimum atomic E-state index is -1.33.